The summed E-state index contributed by atoms with van der Waals surface area (Å²) in [6, 6.07) is 7.28. The Bertz CT molecular complexity index is 540. The summed E-state index contributed by atoms with van der Waals surface area (Å²) in [7, 11) is 1.58. The number of esters is 1. The molecule has 0 unspecified atom stereocenters. The van der Waals surface area contributed by atoms with Crippen LogP contribution in [-0.4, -0.2) is 40.5 Å². The van der Waals surface area contributed by atoms with Crippen molar-refractivity contribution in [1.82, 2.24) is 0 Å². The largest absolute Gasteiger partial charge is 0.497 e. The Kier molecular flexibility index (Phi) is 7.22. The minimum Gasteiger partial charge on any atom is -0.497 e. The van der Waals surface area contributed by atoms with Crippen molar-refractivity contribution >= 4 is 27.7 Å². The van der Waals surface area contributed by atoms with Crippen LogP contribution in [0.4, 0.5) is 0 Å². The molecule has 5 nitrogen and oxygen atoms in total. The number of hydrogen-bond acceptors (Lipinski definition) is 5. The highest BCUT2D eigenvalue weighted by molar-refractivity contribution is 9.09. The van der Waals surface area contributed by atoms with Crippen molar-refractivity contribution in [3.8, 4) is 5.75 Å². The van der Waals surface area contributed by atoms with E-state index >= 15 is 0 Å². The molecule has 0 fully saturated rings. The molecular weight excluding hydrogens is 364 g/mol. The number of methoxy groups -OCH3 is 1. The molecule has 0 saturated heterocycles. The molecule has 0 aliphatic rings. The summed E-state index contributed by atoms with van der Waals surface area (Å²) in [5, 5.41) is 10.8. The standard InChI is InChI=1S/C17H23BrO5/c1-11(2)23-16(20)17(21,10-12(3)19)15(18)9-13-5-7-14(22-4)8-6-13/h5-8,11,15,21H,9-10H2,1-4H3/t15-,17+/m1/s1. The summed E-state index contributed by atoms with van der Waals surface area (Å²) in [4.78, 5) is 23.1. The maximum Gasteiger partial charge on any atom is 0.340 e. The molecule has 0 aromatic heterocycles. The van der Waals surface area contributed by atoms with Crippen LogP contribution < -0.4 is 4.74 Å². The first-order chi connectivity index (χ1) is 10.7. The molecular formula is C17H23BrO5. The van der Waals surface area contributed by atoms with E-state index in [1.807, 2.05) is 12.1 Å². The fourth-order valence-electron chi connectivity index (χ4n) is 2.14. The van der Waals surface area contributed by atoms with Gasteiger partial charge in [-0.05, 0) is 44.9 Å². The van der Waals surface area contributed by atoms with Crippen molar-refractivity contribution in [3.63, 3.8) is 0 Å². The molecule has 128 valence electrons. The number of halogens is 1. The number of rotatable bonds is 8. The van der Waals surface area contributed by atoms with E-state index in [4.69, 9.17) is 9.47 Å². The van der Waals surface area contributed by atoms with Gasteiger partial charge in [0.2, 0.25) is 0 Å². The molecule has 0 radical (unpaired) electrons. The minimum atomic E-state index is -1.91. The third kappa shape index (κ3) is 5.62. The van der Waals surface area contributed by atoms with Gasteiger partial charge in [0, 0.05) is 6.42 Å². The number of alkyl halides is 1. The predicted octanol–water partition coefficient (Wildman–Crippen LogP) is 2.66. The van der Waals surface area contributed by atoms with Gasteiger partial charge in [0.15, 0.2) is 5.60 Å². The number of ketones is 1. The van der Waals surface area contributed by atoms with Gasteiger partial charge in [-0.15, -0.1) is 0 Å². The monoisotopic (exact) mass is 386 g/mol. The molecule has 0 heterocycles. The molecule has 1 aromatic carbocycles. The first kappa shape index (κ1) is 19.6. The van der Waals surface area contributed by atoms with Gasteiger partial charge in [0.25, 0.3) is 0 Å². The average Bonchev–Trinajstić information content (AvgIpc) is 2.46. The fraction of sp³-hybridized carbons (Fsp3) is 0.529. The van der Waals surface area contributed by atoms with Crippen molar-refractivity contribution in [3.05, 3.63) is 29.8 Å². The Morgan fingerprint density at radius 3 is 2.26 bits per heavy atom. The van der Waals surface area contributed by atoms with Gasteiger partial charge in [0.1, 0.15) is 11.5 Å². The van der Waals surface area contributed by atoms with Crippen molar-refractivity contribution in [1.29, 1.82) is 0 Å². The molecule has 0 aliphatic carbocycles. The topological polar surface area (TPSA) is 72.8 Å². The Morgan fingerprint density at radius 2 is 1.83 bits per heavy atom. The highest BCUT2D eigenvalue weighted by atomic mass is 79.9. The van der Waals surface area contributed by atoms with Crippen LogP contribution in [0.3, 0.4) is 0 Å². The maximum absolute atomic E-state index is 12.3. The number of Topliss-reactive ketones (excluding diaryl/α,β-unsaturated/α-hetero) is 1. The third-order valence-corrected chi connectivity index (χ3v) is 4.39. The molecule has 23 heavy (non-hydrogen) atoms. The van der Waals surface area contributed by atoms with Gasteiger partial charge in [-0.25, -0.2) is 4.79 Å². The van der Waals surface area contributed by atoms with E-state index in [1.54, 1.807) is 33.1 Å². The van der Waals surface area contributed by atoms with Crippen LogP contribution in [0.1, 0.15) is 32.8 Å². The Morgan fingerprint density at radius 1 is 1.26 bits per heavy atom. The van der Waals surface area contributed by atoms with Crippen molar-refractivity contribution in [2.75, 3.05) is 7.11 Å². The van der Waals surface area contributed by atoms with E-state index in [0.29, 0.717) is 6.42 Å². The van der Waals surface area contributed by atoms with Gasteiger partial charge in [0.05, 0.1) is 18.0 Å². The number of carbonyl (C=O) groups is 2. The molecule has 1 N–H and O–H groups in total. The lowest BCUT2D eigenvalue weighted by Crippen LogP contribution is -2.50. The van der Waals surface area contributed by atoms with E-state index < -0.39 is 16.4 Å². The van der Waals surface area contributed by atoms with Gasteiger partial charge < -0.3 is 14.6 Å². The van der Waals surface area contributed by atoms with Crippen LogP contribution in [0.5, 0.6) is 5.75 Å². The Labute approximate surface area is 145 Å². The Balaban J connectivity index is 2.95. The smallest absolute Gasteiger partial charge is 0.340 e. The summed E-state index contributed by atoms with van der Waals surface area (Å²) in [5.41, 5.74) is -1.01. The molecule has 2 atom stereocenters. The summed E-state index contributed by atoms with van der Waals surface area (Å²) in [5.74, 6) is -0.358. The summed E-state index contributed by atoms with van der Waals surface area (Å²) in [6.07, 6.45) is -0.312. The number of benzene rings is 1. The molecule has 0 aliphatic heterocycles. The van der Waals surface area contributed by atoms with Crippen LogP contribution in [0.25, 0.3) is 0 Å². The zero-order valence-electron chi connectivity index (χ0n) is 13.8. The van der Waals surface area contributed by atoms with Gasteiger partial charge in [-0.2, -0.15) is 0 Å². The van der Waals surface area contributed by atoms with Crippen LogP contribution in [-0.2, 0) is 20.7 Å². The van der Waals surface area contributed by atoms with Crippen molar-refractivity contribution in [2.45, 2.75) is 50.1 Å². The second-order valence-corrected chi connectivity index (χ2v) is 6.88. The zero-order chi connectivity index (χ0) is 17.6. The van der Waals surface area contributed by atoms with Gasteiger partial charge in [-0.1, -0.05) is 28.1 Å². The van der Waals surface area contributed by atoms with E-state index in [-0.39, 0.29) is 18.3 Å². The second kappa shape index (κ2) is 8.45. The van der Waals surface area contributed by atoms with Crippen LogP contribution in [0.15, 0.2) is 24.3 Å². The zero-order valence-corrected chi connectivity index (χ0v) is 15.4. The molecule has 1 aromatic rings. The van der Waals surface area contributed by atoms with Crippen molar-refractivity contribution < 1.29 is 24.2 Å². The number of carbonyl (C=O) groups excluding carboxylic acids is 2. The van der Waals surface area contributed by atoms with E-state index in [2.05, 4.69) is 15.9 Å². The summed E-state index contributed by atoms with van der Waals surface area (Å²) < 4.78 is 10.2. The maximum atomic E-state index is 12.3. The minimum absolute atomic E-state index is 0.285. The molecule has 0 saturated carbocycles. The number of hydrogen-bond donors (Lipinski definition) is 1. The molecule has 0 amide bonds. The lowest BCUT2D eigenvalue weighted by Gasteiger charge is -2.30. The van der Waals surface area contributed by atoms with Crippen molar-refractivity contribution in [2.24, 2.45) is 0 Å². The highest BCUT2D eigenvalue weighted by Crippen LogP contribution is 2.29. The average molecular weight is 387 g/mol. The van der Waals surface area contributed by atoms with Gasteiger partial charge >= 0.3 is 5.97 Å². The first-order valence-corrected chi connectivity index (χ1v) is 8.30. The SMILES string of the molecule is COc1ccc(C[C@@H](Br)[C@@](O)(CC(C)=O)C(=O)OC(C)C)cc1. The highest BCUT2D eigenvalue weighted by Gasteiger charge is 2.45. The van der Waals surface area contributed by atoms with Crippen LogP contribution in [0.2, 0.25) is 0 Å². The number of ether oxygens (including phenoxy) is 2. The third-order valence-electron chi connectivity index (χ3n) is 3.31. The normalized spacial score (nSPS) is 14.9. The number of aliphatic hydroxyl groups is 1. The Hall–Kier alpha value is -1.40. The van der Waals surface area contributed by atoms with E-state index in [0.717, 1.165) is 11.3 Å². The van der Waals surface area contributed by atoms with E-state index in [1.165, 1.54) is 6.92 Å². The summed E-state index contributed by atoms with van der Waals surface area (Å²) >= 11 is 3.36. The molecule has 1 rings (SSSR count). The lowest BCUT2D eigenvalue weighted by atomic mass is 9.90. The van der Waals surface area contributed by atoms with Crippen LogP contribution in [0, 0.1) is 0 Å². The molecule has 0 bridgehead atoms. The van der Waals surface area contributed by atoms with Gasteiger partial charge in [-0.3, -0.25) is 4.79 Å². The predicted molar refractivity (Wildman–Crippen MR) is 90.9 cm³/mol. The lowest BCUT2D eigenvalue weighted by molar-refractivity contribution is -0.171. The summed E-state index contributed by atoms with van der Waals surface area (Å²) in [6.45, 7) is 4.72. The van der Waals surface area contributed by atoms with E-state index in [9.17, 15) is 14.7 Å². The first-order valence-electron chi connectivity index (χ1n) is 7.39. The quantitative estimate of drug-likeness (QED) is 0.549. The fourth-order valence-corrected chi connectivity index (χ4v) is 2.87. The molecule has 6 heteroatoms. The van der Waals surface area contributed by atoms with Crippen LogP contribution >= 0.6 is 15.9 Å². The second-order valence-electron chi connectivity index (χ2n) is 5.78. The molecule has 0 spiro atoms.